The number of rotatable bonds is 6. The molecule has 0 unspecified atom stereocenters. The van der Waals surface area contributed by atoms with Gasteiger partial charge in [-0.25, -0.2) is 4.98 Å². The van der Waals surface area contributed by atoms with Gasteiger partial charge in [-0.15, -0.1) is 0 Å². The third kappa shape index (κ3) is 3.05. The SMILES string of the molecule is N/C=C\n1c(C2CCC2)nc(-c2ccc(CC(=O)O)cc2)c1CN. The molecule has 0 radical (unpaired) electrons. The number of benzene rings is 1. The van der Waals surface area contributed by atoms with Crippen LogP contribution in [0.5, 0.6) is 0 Å². The molecule has 1 saturated carbocycles. The van der Waals surface area contributed by atoms with Gasteiger partial charge in [-0.3, -0.25) is 4.79 Å². The number of hydrogen-bond acceptors (Lipinski definition) is 4. The van der Waals surface area contributed by atoms with Crippen molar-refractivity contribution in [2.24, 2.45) is 11.5 Å². The predicted octanol–water partition coefficient (Wildman–Crippen LogP) is 2.29. The molecule has 2 aromatic rings. The maximum atomic E-state index is 10.8. The Morgan fingerprint density at radius 1 is 1.33 bits per heavy atom. The maximum absolute atomic E-state index is 10.8. The standard InChI is InChI=1S/C18H22N4O2/c19-8-9-22-15(11-20)17(21-18(22)14-2-1-3-14)13-6-4-12(5-7-13)10-16(23)24/h4-9,14H,1-3,10-11,19-20H2,(H,23,24)/b9-8-. The molecular formula is C18H22N4O2. The molecule has 0 amide bonds. The summed E-state index contributed by atoms with van der Waals surface area (Å²) in [6.07, 6.45) is 6.82. The van der Waals surface area contributed by atoms with Crippen molar-refractivity contribution in [1.29, 1.82) is 0 Å². The highest BCUT2D eigenvalue weighted by molar-refractivity contribution is 5.71. The summed E-state index contributed by atoms with van der Waals surface area (Å²) < 4.78 is 2.00. The van der Waals surface area contributed by atoms with Crippen LogP contribution in [-0.2, 0) is 17.8 Å². The Morgan fingerprint density at radius 3 is 2.54 bits per heavy atom. The first-order valence-corrected chi connectivity index (χ1v) is 8.14. The number of aliphatic carboxylic acids is 1. The summed E-state index contributed by atoms with van der Waals surface area (Å²) in [6, 6.07) is 7.46. The Bertz CT molecular complexity index is 758. The summed E-state index contributed by atoms with van der Waals surface area (Å²) >= 11 is 0. The topological polar surface area (TPSA) is 107 Å². The molecule has 6 nitrogen and oxygen atoms in total. The van der Waals surface area contributed by atoms with E-state index in [-0.39, 0.29) is 6.42 Å². The van der Waals surface area contributed by atoms with Crippen LogP contribution in [0.3, 0.4) is 0 Å². The molecule has 3 rings (SSSR count). The molecule has 1 aromatic heterocycles. The summed E-state index contributed by atoms with van der Waals surface area (Å²) in [4.78, 5) is 15.6. The highest BCUT2D eigenvalue weighted by atomic mass is 16.4. The Morgan fingerprint density at radius 2 is 2.04 bits per heavy atom. The Hall–Kier alpha value is -2.60. The fourth-order valence-electron chi connectivity index (χ4n) is 3.07. The summed E-state index contributed by atoms with van der Waals surface area (Å²) in [7, 11) is 0. The maximum Gasteiger partial charge on any atom is 0.307 e. The molecule has 126 valence electrons. The average molecular weight is 326 g/mol. The van der Waals surface area contributed by atoms with Gasteiger partial charge in [0, 0.05) is 30.4 Å². The highest BCUT2D eigenvalue weighted by Gasteiger charge is 2.27. The minimum Gasteiger partial charge on any atom is -0.481 e. The summed E-state index contributed by atoms with van der Waals surface area (Å²) in [5.74, 6) is 0.620. The number of nitrogens with zero attached hydrogens (tertiary/aromatic N) is 2. The molecule has 0 atom stereocenters. The van der Waals surface area contributed by atoms with Crippen LogP contribution in [-0.4, -0.2) is 20.6 Å². The van der Waals surface area contributed by atoms with E-state index in [2.05, 4.69) is 0 Å². The van der Waals surface area contributed by atoms with E-state index in [0.29, 0.717) is 12.5 Å². The lowest BCUT2D eigenvalue weighted by molar-refractivity contribution is -0.136. The van der Waals surface area contributed by atoms with Crippen LogP contribution in [0.15, 0.2) is 30.5 Å². The van der Waals surface area contributed by atoms with Crippen LogP contribution in [0.1, 0.15) is 42.3 Å². The second kappa shape index (κ2) is 6.88. The van der Waals surface area contributed by atoms with Gasteiger partial charge < -0.3 is 21.1 Å². The van der Waals surface area contributed by atoms with E-state index in [0.717, 1.165) is 41.2 Å². The lowest BCUT2D eigenvalue weighted by atomic mass is 9.85. The van der Waals surface area contributed by atoms with Gasteiger partial charge in [0.05, 0.1) is 17.8 Å². The number of aromatic nitrogens is 2. The average Bonchev–Trinajstić information content (AvgIpc) is 2.84. The number of nitrogens with two attached hydrogens (primary N) is 2. The second-order valence-corrected chi connectivity index (χ2v) is 6.08. The zero-order valence-corrected chi connectivity index (χ0v) is 13.5. The molecule has 1 aliphatic carbocycles. The molecular weight excluding hydrogens is 304 g/mol. The molecule has 1 fully saturated rings. The van der Waals surface area contributed by atoms with Crippen molar-refractivity contribution >= 4 is 12.2 Å². The van der Waals surface area contributed by atoms with E-state index < -0.39 is 5.97 Å². The van der Waals surface area contributed by atoms with Gasteiger partial charge in [0.2, 0.25) is 0 Å². The Balaban J connectivity index is 2.01. The van der Waals surface area contributed by atoms with Crippen molar-refractivity contribution in [3.8, 4) is 11.3 Å². The lowest BCUT2D eigenvalue weighted by Crippen LogP contribution is -2.15. The molecule has 24 heavy (non-hydrogen) atoms. The monoisotopic (exact) mass is 326 g/mol. The van der Waals surface area contributed by atoms with Crippen LogP contribution in [0.4, 0.5) is 0 Å². The normalized spacial score (nSPS) is 14.9. The number of carboxylic acid groups (broad SMARTS) is 1. The van der Waals surface area contributed by atoms with Crippen molar-refractivity contribution in [3.05, 3.63) is 47.5 Å². The van der Waals surface area contributed by atoms with E-state index in [1.54, 1.807) is 0 Å². The van der Waals surface area contributed by atoms with E-state index in [4.69, 9.17) is 21.6 Å². The number of carboxylic acids is 1. The minimum atomic E-state index is -0.838. The molecule has 6 heteroatoms. The first kappa shape index (κ1) is 16.3. The van der Waals surface area contributed by atoms with Crippen LogP contribution in [0.2, 0.25) is 0 Å². The van der Waals surface area contributed by atoms with E-state index in [1.165, 1.54) is 12.6 Å². The fraction of sp³-hybridized carbons (Fsp3) is 0.333. The third-order valence-corrected chi connectivity index (χ3v) is 4.52. The molecule has 1 heterocycles. The summed E-state index contributed by atoms with van der Waals surface area (Å²) in [5, 5.41) is 8.88. The first-order valence-electron chi connectivity index (χ1n) is 8.14. The van der Waals surface area contributed by atoms with Crippen molar-refractivity contribution in [3.63, 3.8) is 0 Å². The first-order chi connectivity index (χ1) is 11.6. The van der Waals surface area contributed by atoms with E-state index >= 15 is 0 Å². The Kier molecular flexibility index (Phi) is 4.66. The largest absolute Gasteiger partial charge is 0.481 e. The van der Waals surface area contributed by atoms with Crippen LogP contribution in [0.25, 0.3) is 17.5 Å². The van der Waals surface area contributed by atoms with Gasteiger partial charge in [-0.2, -0.15) is 0 Å². The van der Waals surface area contributed by atoms with Crippen LogP contribution >= 0.6 is 0 Å². The summed E-state index contributed by atoms with van der Waals surface area (Å²) in [5.41, 5.74) is 15.0. The Labute approximate surface area is 140 Å². The van der Waals surface area contributed by atoms with Gasteiger partial charge in [-0.05, 0) is 18.4 Å². The minimum absolute atomic E-state index is 0.0156. The van der Waals surface area contributed by atoms with Gasteiger partial charge in [0.25, 0.3) is 0 Å². The van der Waals surface area contributed by atoms with Gasteiger partial charge in [0.15, 0.2) is 0 Å². The van der Waals surface area contributed by atoms with Gasteiger partial charge in [-0.1, -0.05) is 30.7 Å². The second-order valence-electron chi connectivity index (χ2n) is 6.08. The quantitative estimate of drug-likeness (QED) is 0.755. The van der Waals surface area contributed by atoms with Gasteiger partial charge >= 0.3 is 5.97 Å². The molecule has 0 aliphatic heterocycles. The fourth-order valence-corrected chi connectivity index (χ4v) is 3.07. The molecule has 0 saturated heterocycles. The third-order valence-electron chi connectivity index (χ3n) is 4.52. The zero-order chi connectivity index (χ0) is 17.1. The van der Waals surface area contributed by atoms with Crippen molar-refractivity contribution in [2.75, 3.05) is 0 Å². The molecule has 1 aromatic carbocycles. The van der Waals surface area contributed by atoms with E-state index in [9.17, 15) is 4.79 Å². The number of imidazole rings is 1. The smallest absolute Gasteiger partial charge is 0.307 e. The van der Waals surface area contributed by atoms with Gasteiger partial charge in [0.1, 0.15) is 5.82 Å². The zero-order valence-electron chi connectivity index (χ0n) is 13.5. The van der Waals surface area contributed by atoms with Crippen molar-refractivity contribution in [1.82, 2.24) is 9.55 Å². The van der Waals surface area contributed by atoms with Crippen LogP contribution < -0.4 is 11.5 Å². The number of carbonyl (C=O) groups is 1. The highest BCUT2D eigenvalue weighted by Crippen LogP contribution is 2.38. The van der Waals surface area contributed by atoms with Crippen LogP contribution in [0, 0.1) is 0 Å². The van der Waals surface area contributed by atoms with Crippen molar-refractivity contribution in [2.45, 2.75) is 38.1 Å². The lowest BCUT2D eigenvalue weighted by Gasteiger charge is -2.24. The van der Waals surface area contributed by atoms with E-state index in [1.807, 2.05) is 35.0 Å². The molecule has 0 bridgehead atoms. The molecule has 5 N–H and O–H groups in total. The predicted molar refractivity (Wildman–Crippen MR) is 93.0 cm³/mol. The summed E-state index contributed by atoms with van der Waals surface area (Å²) in [6.45, 7) is 0.357. The molecule has 0 spiro atoms. The molecule has 1 aliphatic rings. The van der Waals surface area contributed by atoms with Crippen molar-refractivity contribution < 1.29 is 9.90 Å². The number of hydrogen-bond donors (Lipinski definition) is 3.